The lowest BCUT2D eigenvalue weighted by molar-refractivity contribution is 0.241. The molecule has 0 aromatic carbocycles. The van der Waals surface area contributed by atoms with Crippen LogP contribution in [0.3, 0.4) is 0 Å². The van der Waals surface area contributed by atoms with Crippen molar-refractivity contribution in [2.24, 2.45) is 0 Å². The topological polar surface area (TPSA) is 70.6 Å². The van der Waals surface area contributed by atoms with Crippen molar-refractivity contribution in [2.75, 3.05) is 6.54 Å². The van der Waals surface area contributed by atoms with Gasteiger partial charge in [-0.25, -0.2) is 9.97 Å². The molecule has 0 amide bonds. The van der Waals surface area contributed by atoms with E-state index in [0.717, 1.165) is 43.1 Å². The van der Waals surface area contributed by atoms with Crippen LogP contribution in [-0.4, -0.2) is 36.6 Å². The van der Waals surface area contributed by atoms with E-state index < -0.39 is 0 Å². The van der Waals surface area contributed by atoms with Crippen molar-refractivity contribution in [1.29, 1.82) is 0 Å². The highest BCUT2D eigenvalue weighted by atomic mass is 15.2. The van der Waals surface area contributed by atoms with E-state index in [2.05, 4.69) is 45.8 Å². The molecular formula is C20H24N6. The molecule has 6 nitrogen and oxygen atoms in total. The van der Waals surface area contributed by atoms with E-state index in [0.29, 0.717) is 0 Å². The number of aromatic nitrogens is 5. The van der Waals surface area contributed by atoms with Gasteiger partial charge in [-0.15, -0.1) is 0 Å². The first kappa shape index (κ1) is 16.8. The summed E-state index contributed by atoms with van der Waals surface area (Å²) >= 11 is 0. The number of aromatic amines is 1. The Balaban J connectivity index is 1.51. The van der Waals surface area contributed by atoms with E-state index in [1.807, 2.05) is 24.5 Å². The van der Waals surface area contributed by atoms with Gasteiger partial charge in [0.25, 0.3) is 0 Å². The predicted molar refractivity (Wildman–Crippen MR) is 100 cm³/mol. The molecule has 0 aliphatic carbocycles. The lowest BCUT2D eigenvalue weighted by atomic mass is 9.89. The SMILES string of the molecule is CC(C)(C)c1[nH]ncc1CN1CCc2nc(-c3ccncc3)ncc2C1. The number of pyridine rings is 1. The normalized spacial score (nSPS) is 15.0. The first-order valence-corrected chi connectivity index (χ1v) is 9.01. The van der Waals surface area contributed by atoms with Crippen LogP contribution in [0.5, 0.6) is 0 Å². The summed E-state index contributed by atoms with van der Waals surface area (Å²) in [6, 6.07) is 3.90. The van der Waals surface area contributed by atoms with Crippen molar-refractivity contribution >= 4 is 0 Å². The predicted octanol–water partition coefficient (Wildman–Crippen LogP) is 3.12. The van der Waals surface area contributed by atoms with Gasteiger partial charge in [-0.05, 0) is 12.1 Å². The van der Waals surface area contributed by atoms with Gasteiger partial charge in [-0.3, -0.25) is 15.0 Å². The smallest absolute Gasteiger partial charge is 0.159 e. The van der Waals surface area contributed by atoms with Crippen molar-refractivity contribution in [1.82, 2.24) is 30.0 Å². The minimum absolute atomic E-state index is 0.0715. The molecule has 134 valence electrons. The van der Waals surface area contributed by atoms with E-state index in [1.54, 1.807) is 12.4 Å². The summed E-state index contributed by atoms with van der Waals surface area (Å²) in [6.07, 6.45) is 8.43. The van der Waals surface area contributed by atoms with E-state index in [9.17, 15) is 0 Å². The van der Waals surface area contributed by atoms with Crippen molar-refractivity contribution < 1.29 is 0 Å². The summed E-state index contributed by atoms with van der Waals surface area (Å²) in [5, 5.41) is 7.44. The number of H-pyrrole nitrogens is 1. The first-order valence-electron chi connectivity index (χ1n) is 9.01. The molecule has 0 atom stereocenters. The maximum absolute atomic E-state index is 4.79. The van der Waals surface area contributed by atoms with Crippen LogP contribution in [-0.2, 0) is 24.9 Å². The van der Waals surface area contributed by atoms with Crippen LogP contribution in [0, 0.1) is 0 Å². The number of hydrogen-bond donors (Lipinski definition) is 1. The van der Waals surface area contributed by atoms with Crippen LogP contribution < -0.4 is 0 Å². The molecule has 3 aromatic rings. The maximum Gasteiger partial charge on any atom is 0.159 e. The van der Waals surface area contributed by atoms with Crippen molar-refractivity contribution in [3.63, 3.8) is 0 Å². The second-order valence-electron chi connectivity index (χ2n) is 7.88. The third-order valence-corrected chi connectivity index (χ3v) is 4.81. The fourth-order valence-corrected chi connectivity index (χ4v) is 3.47. The zero-order valence-corrected chi connectivity index (χ0v) is 15.5. The number of fused-ring (bicyclic) bond motifs is 1. The Morgan fingerprint density at radius 1 is 1.15 bits per heavy atom. The maximum atomic E-state index is 4.79. The molecule has 0 bridgehead atoms. The van der Waals surface area contributed by atoms with E-state index in [-0.39, 0.29) is 5.41 Å². The van der Waals surface area contributed by atoms with Gasteiger partial charge >= 0.3 is 0 Å². The Hall–Kier alpha value is -2.60. The van der Waals surface area contributed by atoms with E-state index in [4.69, 9.17) is 4.98 Å². The lowest BCUT2D eigenvalue weighted by Gasteiger charge is -2.29. The zero-order valence-electron chi connectivity index (χ0n) is 15.5. The number of hydrogen-bond acceptors (Lipinski definition) is 5. The third kappa shape index (κ3) is 3.37. The molecule has 3 aromatic heterocycles. The monoisotopic (exact) mass is 348 g/mol. The Morgan fingerprint density at radius 2 is 1.96 bits per heavy atom. The molecule has 0 radical (unpaired) electrons. The van der Waals surface area contributed by atoms with Crippen LogP contribution in [0.25, 0.3) is 11.4 Å². The Morgan fingerprint density at radius 3 is 2.73 bits per heavy atom. The zero-order chi connectivity index (χ0) is 18.1. The molecule has 6 heteroatoms. The fraction of sp³-hybridized carbons (Fsp3) is 0.400. The first-order chi connectivity index (χ1) is 12.5. The Kier molecular flexibility index (Phi) is 4.28. The minimum atomic E-state index is 0.0715. The summed E-state index contributed by atoms with van der Waals surface area (Å²) in [6.45, 7) is 9.40. The van der Waals surface area contributed by atoms with Crippen LogP contribution in [0.1, 0.15) is 43.3 Å². The van der Waals surface area contributed by atoms with Gasteiger partial charge in [-0.2, -0.15) is 5.10 Å². The summed E-state index contributed by atoms with van der Waals surface area (Å²) in [5.74, 6) is 0.782. The van der Waals surface area contributed by atoms with Gasteiger partial charge in [0.2, 0.25) is 0 Å². The van der Waals surface area contributed by atoms with Gasteiger partial charge < -0.3 is 0 Å². The largest absolute Gasteiger partial charge is 0.294 e. The highest BCUT2D eigenvalue weighted by Crippen LogP contribution is 2.26. The molecule has 1 aliphatic rings. The Labute approximate surface area is 153 Å². The molecule has 0 fully saturated rings. The van der Waals surface area contributed by atoms with Gasteiger partial charge in [0.1, 0.15) is 0 Å². The molecular weight excluding hydrogens is 324 g/mol. The minimum Gasteiger partial charge on any atom is -0.294 e. The molecule has 1 N–H and O–H groups in total. The Bertz CT molecular complexity index is 894. The quantitative estimate of drug-likeness (QED) is 0.787. The van der Waals surface area contributed by atoms with Crippen molar-refractivity contribution in [3.05, 3.63) is 59.4 Å². The second-order valence-corrected chi connectivity index (χ2v) is 7.88. The van der Waals surface area contributed by atoms with Gasteiger partial charge in [0, 0.05) is 72.4 Å². The van der Waals surface area contributed by atoms with Crippen LogP contribution in [0.15, 0.2) is 36.9 Å². The molecule has 0 spiro atoms. The average molecular weight is 348 g/mol. The van der Waals surface area contributed by atoms with Crippen molar-refractivity contribution in [2.45, 2.75) is 45.7 Å². The lowest BCUT2D eigenvalue weighted by Crippen LogP contribution is -2.31. The summed E-state index contributed by atoms with van der Waals surface area (Å²) in [4.78, 5) is 15.9. The second kappa shape index (κ2) is 6.61. The molecule has 1 aliphatic heterocycles. The number of rotatable bonds is 3. The fourth-order valence-electron chi connectivity index (χ4n) is 3.47. The molecule has 4 heterocycles. The summed E-state index contributed by atoms with van der Waals surface area (Å²) < 4.78 is 0. The van der Waals surface area contributed by atoms with Gasteiger partial charge in [-0.1, -0.05) is 20.8 Å². The van der Waals surface area contributed by atoms with Crippen molar-refractivity contribution in [3.8, 4) is 11.4 Å². The highest BCUT2D eigenvalue weighted by Gasteiger charge is 2.24. The highest BCUT2D eigenvalue weighted by molar-refractivity contribution is 5.54. The summed E-state index contributed by atoms with van der Waals surface area (Å²) in [7, 11) is 0. The van der Waals surface area contributed by atoms with E-state index >= 15 is 0 Å². The van der Waals surface area contributed by atoms with Crippen LogP contribution in [0.4, 0.5) is 0 Å². The number of nitrogens with one attached hydrogen (secondary N) is 1. The van der Waals surface area contributed by atoms with Gasteiger partial charge in [0.05, 0.1) is 11.9 Å². The molecule has 0 unspecified atom stereocenters. The summed E-state index contributed by atoms with van der Waals surface area (Å²) in [5.41, 5.74) is 5.95. The van der Waals surface area contributed by atoms with E-state index in [1.165, 1.54) is 16.8 Å². The number of nitrogens with zero attached hydrogens (tertiary/aromatic N) is 5. The molecule has 0 saturated carbocycles. The molecule has 4 rings (SSSR count). The molecule has 0 saturated heterocycles. The molecule has 26 heavy (non-hydrogen) atoms. The standard InChI is InChI=1S/C20H24N6/c1-20(2,3)18-16(11-23-25-18)13-26-9-6-17-15(12-26)10-22-19(24-17)14-4-7-21-8-5-14/h4-5,7-8,10-11H,6,9,12-13H2,1-3H3,(H,23,25). The third-order valence-electron chi connectivity index (χ3n) is 4.81. The van der Waals surface area contributed by atoms with Crippen LogP contribution >= 0.6 is 0 Å². The van der Waals surface area contributed by atoms with Crippen LogP contribution in [0.2, 0.25) is 0 Å². The van der Waals surface area contributed by atoms with Gasteiger partial charge in [0.15, 0.2) is 5.82 Å². The average Bonchev–Trinajstić information content (AvgIpc) is 3.10.